The number of carbonyl (C=O) groups excluding carboxylic acids is 1. The molecule has 2 rings (SSSR count). The van der Waals surface area contributed by atoms with Crippen molar-refractivity contribution in [2.45, 2.75) is 38.0 Å². The highest BCUT2D eigenvalue weighted by molar-refractivity contribution is 5.74. The number of rotatable bonds is 5. The van der Waals surface area contributed by atoms with Crippen molar-refractivity contribution in [1.82, 2.24) is 10.2 Å². The van der Waals surface area contributed by atoms with Crippen LogP contribution in [-0.2, 0) is 9.47 Å². The topological polar surface area (TPSA) is 50.8 Å². The van der Waals surface area contributed by atoms with E-state index in [4.69, 9.17) is 9.47 Å². The minimum Gasteiger partial charge on any atom is -0.377 e. The Kier molecular flexibility index (Phi) is 6.31. The van der Waals surface area contributed by atoms with Crippen LogP contribution in [0.2, 0.25) is 0 Å². The second-order valence-electron chi connectivity index (χ2n) is 5.77. The number of urea groups is 1. The molecular weight excluding hydrogens is 301 g/mol. The maximum atomic E-state index is 12.7. The van der Waals surface area contributed by atoms with Crippen molar-refractivity contribution in [3.63, 3.8) is 0 Å². The second kappa shape index (κ2) is 8.01. The van der Waals surface area contributed by atoms with Crippen LogP contribution in [0.5, 0.6) is 0 Å². The highest BCUT2D eigenvalue weighted by Crippen LogP contribution is 2.32. The zero-order valence-corrected chi connectivity index (χ0v) is 12.5. The molecule has 0 unspecified atom stereocenters. The monoisotopic (exact) mass is 324 g/mol. The van der Waals surface area contributed by atoms with Crippen LogP contribution in [0.1, 0.15) is 25.7 Å². The molecule has 2 aliphatic heterocycles. The van der Waals surface area contributed by atoms with Gasteiger partial charge in [0.2, 0.25) is 0 Å². The first-order valence-electron chi connectivity index (χ1n) is 7.75. The molecule has 2 aliphatic rings. The molecule has 0 aromatic heterocycles. The number of halogens is 3. The number of nitrogens with one attached hydrogen (secondary N) is 1. The minimum absolute atomic E-state index is 0.0950. The van der Waals surface area contributed by atoms with E-state index in [-0.39, 0.29) is 19.1 Å². The Morgan fingerprint density at radius 1 is 1.32 bits per heavy atom. The van der Waals surface area contributed by atoms with Gasteiger partial charge < -0.3 is 19.7 Å². The van der Waals surface area contributed by atoms with Crippen LogP contribution in [0.4, 0.5) is 18.0 Å². The van der Waals surface area contributed by atoms with Gasteiger partial charge in [-0.2, -0.15) is 13.2 Å². The van der Waals surface area contributed by atoms with Gasteiger partial charge in [-0.25, -0.2) is 4.79 Å². The number of alkyl halides is 3. The standard InChI is InChI=1S/C14H23F3N2O3/c15-14(16,17)11-3-1-6-19(9-11)13(20)18-5-8-21-10-12-4-2-7-22-12/h11-12H,1-10H2,(H,18,20)/t11-,12-/m0/s1. The molecular formula is C14H23F3N2O3. The predicted molar refractivity (Wildman–Crippen MR) is 73.5 cm³/mol. The number of carbonyl (C=O) groups is 1. The Hall–Kier alpha value is -1.02. The van der Waals surface area contributed by atoms with E-state index in [0.717, 1.165) is 19.4 Å². The Morgan fingerprint density at radius 3 is 2.82 bits per heavy atom. The first kappa shape index (κ1) is 17.3. The van der Waals surface area contributed by atoms with Crippen LogP contribution in [0.15, 0.2) is 0 Å². The van der Waals surface area contributed by atoms with Crippen LogP contribution >= 0.6 is 0 Å². The van der Waals surface area contributed by atoms with Crippen molar-refractivity contribution in [2.75, 3.05) is 39.5 Å². The first-order chi connectivity index (χ1) is 10.5. The number of hydrogen-bond donors (Lipinski definition) is 1. The highest BCUT2D eigenvalue weighted by atomic mass is 19.4. The molecule has 8 heteroatoms. The SMILES string of the molecule is O=C(NCCOC[C@@H]1CCCO1)N1CCC[C@H](C(F)(F)F)C1. The van der Waals surface area contributed by atoms with E-state index in [9.17, 15) is 18.0 Å². The molecule has 2 saturated heterocycles. The molecule has 2 amide bonds. The van der Waals surface area contributed by atoms with Crippen molar-refractivity contribution >= 4 is 6.03 Å². The zero-order chi connectivity index (χ0) is 16.0. The average molecular weight is 324 g/mol. The van der Waals surface area contributed by atoms with E-state index < -0.39 is 18.1 Å². The van der Waals surface area contributed by atoms with Gasteiger partial charge in [0, 0.05) is 26.2 Å². The van der Waals surface area contributed by atoms with E-state index in [1.165, 1.54) is 4.90 Å². The summed E-state index contributed by atoms with van der Waals surface area (Å²) >= 11 is 0. The van der Waals surface area contributed by atoms with Crippen molar-refractivity contribution in [2.24, 2.45) is 5.92 Å². The highest BCUT2D eigenvalue weighted by Gasteiger charge is 2.42. The van der Waals surface area contributed by atoms with Crippen LogP contribution in [0.3, 0.4) is 0 Å². The summed E-state index contributed by atoms with van der Waals surface area (Å²) in [6.07, 6.45) is -1.60. The van der Waals surface area contributed by atoms with Crippen molar-refractivity contribution < 1.29 is 27.4 Å². The summed E-state index contributed by atoms with van der Waals surface area (Å²) in [5.74, 6) is -1.41. The molecule has 128 valence electrons. The fraction of sp³-hybridized carbons (Fsp3) is 0.929. The molecule has 1 N–H and O–H groups in total. The van der Waals surface area contributed by atoms with Gasteiger partial charge in [0.05, 0.1) is 25.2 Å². The van der Waals surface area contributed by atoms with Crippen LogP contribution in [0.25, 0.3) is 0 Å². The molecule has 0 aromatic carbocycles. The first-order valence-corrected chi connectivity index (χ1v) is 7.75. The third kappa shape index (κ3) is 5.31. The predicted octanol–water partition coefficient (Wildman–Crippen LogP) is 2.17. The lowest BCUT2D eigenvalue weighted by molar-refractivity contribution is -0.184. The maximum Gasteiger partial charge on any atom is 0.393 e. The van der Waals surface area contributed by atoms with E-state index in [1.807, 2.05) is 0 Å². The summed E-state index contributed by atoms with van der Waals surface area (Å²) in [4.78, 5) is 13.1. The number of ether oxygens (including phenoxy) is 2. The molecule has 2 heterocycles. The van der Waals surface area contributed by atoms with Gasteiger partial charge in [-0.05, 0) is 25.7 Å². The lowest BCUT2D eigenvalue weighted by Gasteiger charge is -2.33. The Morgan fingerprint density at radius 2 is 2.14 bits per heavy atom. The van der Waals surface area contributed by atoms with Crippen LogP contribution < -0.4 is 5.32 Å². The van der Waals surface area contributed by atoms with E-state index in [1.54, 1.807) is 0 Å². The van der Waals surface area contributed by atoms with Crippen molar-refractivity contribution in [1.29, 1.82) is 0 Å². The van der Waals surface area contributed by atoms with Gasteiger partial charge >= 0.3 is 12.2 Å². The molecule has 5 nitrogen and oxygen atoms in total. The Balaban J connectivity index is 1.60. The normalized spacial score (nSPS) is 26.2. The van der Waals surface area contributed by atoms with Gasteiger partial charge in [-0.3, -0.25) is 0 Å². The van der Waals surface area contributed by atoms with Crippen LogP contribution in [-0.4, -0.2) is 62.7 Å². The molecule has 0 aliphatic carbocycles. The number of hydrogen-bond acceptors (Lipinski definition) is 3. The Bertz CT molecular complexity index is 360. The fourth-order valence-electron chi connectivity index (χ4n) is 2.76. The van der Waals surface area contributed by atoms with Gasteiger partial charge in [0.1, 0.15) is 0 Å². The molecule has 2 atom stereocenters. The molecule has 0 aromatic rings. The van der Waals surface area contributed by atoms with E-state index >= 15 is 0 Å². The third-order valence-corrected chi connectivity index (χ3v) is 4.02. The number of piperidine rings is 1. The van der Waals surface area contributed by atoms with E-state index in [0.29, 0.717) is 32.7 Å². The number of amides is 2. The molecule has 22 heavy (non-hydrogen) atoms. The maximum absolute atomic E-state index is 12.7. The average Bonchev–Trinajstić information content (AvgIpc) is 2.99. The van der Waals surface area contributed by atoms with Gasteiger partial charge in [-0.15, -0.1) is 0 Å². The molecule has 2 fully saturated rings. The summed E-state index contributed by atoms with van der Waals surface area (Å²) in [7, 11) is 0. The summed E-state index contributed by atoms with van der Waals surface area (Å²) in [6, 6.07) is -0.449. The van der Waals surface area contributed by atoms with Gasteiger partial charge in [0.15, 0.2) is 0 Å². The quantitative estimate of drug-likeness (QED) is 0.789. The summed E-state index contributed by atoms with van der Waals surface area (Å²) in [5.41, 5.74) is 0. The number of likely N-dealkylation sites (tertiary alicyclic amines) is 1. The third-order valence-electron chi connectivity index (χ3n) is 4.02. The largest absolute Gasteiger partial charge is 0.393 e. The van der Waals surface area contributed by atoms with Crippen molar-refractivity contribution in [3.05, 3.63) is 0 Å². The van der Waals surface area contributed by atoms with E-state index in [2.05, 4.69) is 5.32 Å². The smallest absolute Gasteiger partial charge is 0.377 e. The fourth-order valence-corrected chi connectivity index (χ4v) is 2.76. The molecule has 0 radical (unpaired) electrons. The summed E-state index contributed by atoms with van der Waals surface area (Å²) < 4.78 is 48.8. The summed E-state index contributed by atoms with van der Waals surface area (Å²) in [5, 5.41) is 2.60. The van der Waals surface area contributed by atoms with Crippen LogP contribution in [0, 0.1) is 5.92 Å². The molecule has 0 bridgehead atoms. The van der Waals surface area contributed by atoms with Gasteiger partial charge in [0.25, 0.3) is 0 Å². The Labute approximate surface area is 128 Å². The summed E-state index contributed by atoms with van der Waals surface area (Å²) in [6.45, 7) is 2.00. The zero-order valence-electron chi connectivity index (χ0n) is 12.5. The number of nitrogens with zero attached hydrogens (tertiary/aromatic N) is 1. The lowest BCUT2D eigenvalue weighted by atomic mass is 9.98. The second-order valence-corrected chi connectivity index (χ2v) is 5.77. The molecule has 0 spiro atoms. The minimum atomic E-state index is -4.23. The van der Waals surface area contributed by atoms with Gasteiger partial charge in [-0.1, -0.05) is 0 Å². The molecule has 0 saturated carbocycles. The lowest BCUT2D eigenvalue weighted by Crippen LogP contribution is -2.49. The van der Waals surface area contributed by atoms with Crippen molar-refractivity contribution in [3.8, 4) is 0 Å².